The van der Waals surface area contributed by atoms with Gasteiger partial charge in [0, 0.05) is 27.7 Å². The van der Waals surface area contributed by atoms with E-state index in [4.69, 9.17) is 11.6 Å². The van der Waals surface area contributed by atoms with Crippen molar-refractivity contribution in [2.45, 2.75) is 9.65 Å². The van der Waals surface area contributed by atoms with Crippen LogP contribution < -0.4 is 5.56 Å². The Bertz CT molecular complexity index is 1340. The van der Waals surface area contributed by atoms with Crippen molar-refractivity contribution in [2.24, 2.45) is 0 Å². The first-order valence-corrected chi connectivity index (χ1v) is 11.4. The molecule has 0 spiro atoms. The first-order valence-electron chi connectivity index (χ1n) is 9.20. The molecule has 4 rings (SSSR count). The van der Waals surface area contributed by atoms with E-state index in [0.29, 0.717) is 32.6 Å². The Labute approximate surface area is 198 Å². The monoisotopic (exact) mass is 562 g/mol. The van der Waals surface area contributed by atoms with Gasteiger partial charge in [-0.05, 0) is 35.4 Å². The Morgan fingerprint density at radius 1 is 1.06 bits per heavy atom. The Morgan fingerprint density at radius 2 is 1.81 bits per heavy atom. The van der Waals surface area contributed by atoms with Crippen molar-refractivity contribution in [3.8, 4) is 11.1 Å². The molecule has 0 radical (unpaired) electrons. The maximum absolute atomic E-state index is 13.6. The number of fused-ring (bicyclic) bond motifs is 1. The van der Waals surface area contributed by atoms with Crippen molar-refractivity contribution >= 4 is 60.1 Å². The number of rotatable bonds is 5. The molecule has 2 heterocycles. The number of nitrogens with one attached hydrogen (secondary N) is 1. The van der Waals surface area contributed by atoms with E-state index in [1.54, 1.807) is 18.2 Å². The highest BCUT2D eigenvalue weighted by atomic mass is 79.9. The molecule has 2 atom stereocenters. The van der Waals surface area contributed by atoms with Crippen molar-refractivity contribution in [3.05, 3.63) is 99.3 Å². The van der Waals surface area contributed by atoms with Gasteiger partial charge in [-0.2, -0.15) is 0 Å². The predicted molar refractivity (Wildman–Crippen MR) is 128 cm³/mol. The molecule has 0 bridgehead atoms. The van der Waals surface area contributed by atoms with Crippen LogP contribution in [0.2, 0.25) is 5.02 Å². The second kappa shape index (κ2) is 9.02. The average Bonchev–Trinajstić information content (AvgIpc) is 2.77. The Balaban J connectivity index is 1.91. The first kappa shape index (κ1) is 21.9. The molecule has 0 amide bonds. The van der Waals surface area contributed by atoms with Gasteiger partial charge in [0.2, 0.25) is 0 Å². The number of hydrogen-bond acceptors (Lipinski definition) is 3. The first-order chi connectivity index (χ1) is 14.9. The van der Waals surface area contributed by atoms with Crippen LogP contribution >= 0.6 is 43.5 Å². The summed E-state index contributed by atoms with van der Waals surface area (Å²) in [4.78, 5) is 31.7. The molecular formula is C23H14Br2ClFN2O2. The number of carbonyl (C=O) groups is 1. The maximum Gasteiger partial charge on any atom is 0.259 e. The molecule has 156 valence electrons. The number of ketones is 1. The van der Waals surface area contributed by atoms with Crippen molar-refractivity contribution in [1.29, 1.82) is 0 Å². The highest BCUT2D eigenvalue weighted by Gasteiger charge is 2.31. The van der Waals surface area contributed by atoms with Gasteiger partial charge >= 0.3 is 0 Å². The highest BCUT2D eigenvalue weighted by Crippen LogP contribution is 2.37. The Kier molecular flexibility index (Phi) is 6.36. The topological polar surface area (TPSA) is 62.8 Å². The third kappa shape index (κ3) is 4.35. The van der Waals surface area contributed by atoms with Crippen LogP contribution in [-0.2, 0) is 0 Å². The summed E-state index contributed by atoms with van der Waals surface area (Å²) in [5.74, 6) is -0.967. The lowest BCUT2D eigenvalue weighted by Gasteiger charge is -2.18. The number of pyridine rings is 2. The van der Waals surface area contributed by atoms with Crippen LogP contribution in [0.5, 0.6) is 0 Å². The fourth-order valence-corrected chi connectivity index (χ4v) is 4.62. The van der Waals surface area contributed by atoms with Gasteiger partial charge in [0.25, 0.3) is 5.56 Å². The number of H-pyrrole nitrogens is 1. The van der Waals surface area contributed by atoms with Gasteiger partial charge in [0.05, 0.1) is 21.4 Å². The number of carbonyl (C=O) groups excluding carboxylic acids is 1. The van der Waals surface area contributed by atoms with E-state index in [-0.39, 0.29) is 5.56 Å². The average molecular weight is 565 g/mol. The van der Waals surface area contributed by atoms with E-state index in [2.05, 4.69) is 41.8 Å². The molecule has 8 heteroatoms. The number of aromatic nitrogens is 2. The van der Waals surface area contributed by atoms with Crippen molar-refractivity contribution in [1.82, 2.24) is 9.97 Å². The molecule has 0 aliphatic rings. The summed E-state index contributed by atoms with van der Waals surface area (Å²) in [5, 5.41) is 1.13. The molecule has 0 saturated carbocycles. The summed E-state index contributed by atoms with van der Waals surface area (Å²) in [7, 11) is 0. The lowest BCUT2D eigenvalue weighted by molar-refractivity contribution is 0.0990. The number of nitrogens with zero attached hydrogens (tertiary/aromatic N) is 1. The quantitative estimate of drug-likeness (QED) is 0.223. The molecular weight excluding hydrogens is 551 g/mol. The molecule has 0 saturated heterocycles. The molecule has 31 heavy (non-hydrogen) atoms. The van der Waals surface area contributed by atoms with Crippen LogP contribution in [0.1, 0.15) is 20.7 Å². The van der Waals surface area contributed by atoms with Gasteiger partial charge < -0.3 is 4.98 Å². The minimum absolute atomic E-state index is 0.00310. The Hall–Kier alpha value is -2.35. The van der Waals surface area contributed by atoms with Crippen LogP contribution in [0, 0.1) is 5.82 Å². The van der Waals surface area contributed by atoms with Crippen molar-refractivity contribution < 1.29 is 9.18 Å². The fourth-order valence-electron chi connectivity index (χ4n) is 3.42. The molecule has 2 unspecified atom stereocenters. The van der Waals surface area contributed by atoms with Gasteiger partial charge in [-0.3, -0.25) is 14.6 Å². The van der Waals surface area contributed by atoms with E-state index < -0.39 is 26.8 Å². The van der Waals surface area contributed by atoms with E-state index in [1.807, 2.05) is 30.3 Å². The SMILES string of the molecule is O=C(c1c(-c2ccccc2)c2cc(Cl)ccc2[nH]c1=O)C(Br)C(Br)c1cncc(F)c1. The zero-order valence-corrected chi connectivity index (χ0v) is 19.7. The second-order valence-electron chi connectivity index (χ2n) is 6.86. The minimum Gasteiger partial charge on any atom is -0.321 e. The van der Waals surface area contributed by atoms with E-state index in [9.17, 15) is 14.0 Å². The maximum atomic E-state index is 13.6. The minimum atomic E-state index is -0.851. The van der Waals surface area contributed by atoms with Crippen LogP contribution in [-0.4, -0.2) is 20.6 Å². The lowest BCUT2D eigenvalue weighted by atomic mass is 9.92. The fraction of sp³-hybridized carbons (Fsp3) is 0.0870. The highest BCUT2D eigenvalue weighted by molar-refractivity contribution is 9.12. The zero-order valence-electron chi connectivity index (χ0n) is 15.8. The molecule has 0 aliphatic heterocycles. The van der Waals surface area contributed by atoms with Crippen LogP contribution in [0.15, 0.2) is 71.8 Å². The lowest BCUT2D eigenvalue weighted by Crippen LogP contribution is -2.28. The summed E-state index contributed by atoms with van der Waals surface area (Å²) < 4.78 is 13.6. The van der Waals surface area contributed by atoms with Crippen LogP contribution in [0.4, 0.5) is 4.39 Å². The largest absolute Gasteiger partial charge is 0.321 e. The smallest absolute Gasteiger partial charge is 0.259 e. The molecule has 2 aromatic carbocycles. The predicted octanol–water partition coefficient (Wildman–Crippen LogP) is 6.47. The van der Waals surface area contributed by atoms with E-state index in [1.165, 1.54) is 12.3 Å². The van der Waals surface area contributed by atoms with E-state index in [0.717, 1.165) is 6.20 Å². The summed E-state index contributed by atoms with van der Waals surface area (Å²) in [5.41, 5.74) is 1.73. The summed E-state index contributed by atoms with van der Waals surface area (Å²) in [6, 6.07) is 15.6. The summed E-state index contributed by atoms with van der Waals surface area (Å²) in [6.07, 6.45) is 2.55. The van der Waals surface area contributed by atoms with Gasteiger partial charge in [-0.25, -0.2) is 4.39 Å². The number of aromatic amines is 1. The second-order valence-corrected chi connectivity index (χ2v) is 9.27. The molecule has 2 aromatic heterocycles. The number of Topliss-reactive ketones (excluding diaryl/α,β-unsaturated/α-hetero) is 1. The standard InChI is InChI=1S/C23H14Br2ClFN2O2/c24-20(13-8-15(27)11-28-10-13)21(25)22(30)19-18(12-4-2-1-3-5-12)16-9-14(26)6-7-17(16)29-23(19)31/h1-11,20-21H,(H,29,31). The number of benzene rings is 2. The summed E-state index contributed by atoms with van der Waals surface area (Å²) >= 11 is 13.1. The van der Waals surface area contributed by atoms with Crippen molar-refractivity contribution in [2.75, 3.05) is 0 Å². The van der Waals surface area contributed by atoms with Gasteiger partial charge in [-0.15, -0.1) is 0 Å². The Morgan fingerprint density at radius 3 is 2.52 bits per heavy atom. The van der Waals surface area contributed by atoms with Crippen molar-refractivity contribution in [3.63, 3.8) is 0 Å². The van der Waals surface area contributed by atoms with Gasteiger partial charge in [0.1, 0.15) is 5.82 Å². The summed E-state index contributed by atoms with van der Waals surface area (Å²) in [6.45, 7) is 0. The third-order valence-corrected chi connectivity index (χ3v) is 7.78. The molecule has 1 N–H and O–H groups in total. The molecule has 0 aliphatic carbocycles. The normalized spacial score (nSPS) is 13.2. The van der Waals surface area contributed by atoms with Crippen LogP contribution in [0.25, 0.3) is 22.0 Å². The van der Waals surface area contributed by atoms with E-state index >= 15 is 0 Å². The zero-order chi connectivity index (χ0) is 22.1. The third-order valence-electron chi connectivity index (χ3n) is 4.84. The van der Waals surface area contributed by atoms with Gasteiger partial charge in [-0.1, -0.05) is 73.8 Å². The van der Waals surface area contributed by atoms with Gasteiger partial charge in [0.15, 0.2) is 5.78 Å². The number of hydrogen-bond donors (Lipinski definition) is 1. The number of halogens is 4. The van der Waals surface area contributed by atoms with Crippen LogP contribution in [0.3, 0.4) is 0 Å². The molecule has 4 aromatic rings. The number of alkyl halides is 2. The molecule has 4 nitrogen and oxygen atoms in total. The molecule has 0 fully saturated rings.